The summed E-state index contributed by atoms with van der Waals surface area (Å²) in [6, 6.07) is 4.91. The fourth-order valence-corrected chi connectivity index (χ4v) is 2.90. The first-order valence-corrected chi connectivity index (χ1v) is 8.91. The van der Waals surface area contributed by atoms with Gasteiger partial charge in [-0.2, -0.15) is 0 Å². The summed E-state index contributed by atoms with van der Waals surface area (Å²) in [6.45, 7) is 3.75. The van der Waals surface area contributed by atoms with Crippen LogP contribution >= 0.6 is 35.4 Å². The Balaban J connectivity index is 2.45. The van der Waals surface area contributed by atoms with Gasteiger partial charge in [-0.15, -0.1) is 6.58 Å². The van der Waals surface area contributed by atoms with E-state index >= 15 is 0 Å². The molecule has 0 unspecified atom stereocenters. The number of hydrogen-bond donors (Lipinski definition) is 1. The van der Waals surface area contributed by atoms with Gasteiger partial charge in [-0.05, 0) is 24.4 Å². The highest BCUT2D eigenvalue weighted by Crippen LogP contribution is 2.34. The second kappa shape index (κ2) is 9.03. The maximum Gasteiger partial charge on any atom is 0.266 e. The number of benzene rings is 1. The number of hydrogen-bond acceptors (Lipinski definition) is 5. The maximum atomic E-state index is 12.7. The fraction of sp³-hybridized carbons (Fsp3) is 0.167. The van der Waals surface area contributed by atoms with Crippen LogP contribution in [0.3, 0.4) is 0 Å². The van der Waals surface area contributed by atoms with E-state index in [9.17, 15) is 9.59 Å². The summed E-state index contributed by atoms with van der Waals surface area (Å²) in [4.78, 5) is 27.9. The van der Waals surface area contributed by atoms with E-state index in [1.54, 1.807) is 43.4 Å². The molecule has 1 heterocycles. The first kappa shape index (κ1) is 21.0. The fourth-order valence-electron chi connectivity index (χ4n) is 2.18. The number of nitrogens with zero attached hydrogens (tertiary/aromatic N) is 2. The minimum Gasteiger partial charge on any atom is -0.453 e. The predicted molar refractivity (Wildman–Crippen MR) is 110 cm³/mol. The summed E-state index contributed by atoms with van der Waals surface area (Å²) in [7, 11) is 3.52. The van der Waals surface area contributed by atoms with Crippen molar-refractivity contribution in [1.29, 1.82) is 0 Å². The lowest BCUT2D eigenvalue weighted by Crippen LogP contribution is -2.54. The SMILES string of the molecule is C=CCN1C(=O)/C(=C/C(=C\N(C)C)Oc2c(Cl)cccc2Cl)C(=O)NC1=S. The largest absolute Gasteiger partial charge is 0.453 e. The van der Waals surface area contributed by atoms with Gasteiger partial charge in [-0.25, -0.2) is 0 Å². The molecule has 1 aliphatic heterocycles. The van der Waals surface area contributed by atoms with Crippen LogP contribution in [-0.4, -0.2) is 47.4 Å². The summed E-state index contributed by atoms with van der Waals surface area (Å²) in [6.07, 6.45) is 4.41. The Labute approximate surface area is 172 Å². The van der Waals surface area contributed by atoms with Gasteiger partial charge in [0.15, 0.2) is 10.9 Å². The smallest absolute Gasteiger partial charge is 0.266 e. The second-order valence-electron chi connectivity index (χ2n) is 5.67. The minimum absolute atomic E-state index is 0.0234. The molecule has 0 radical (unpaired) electrons. The second-order valence-corrected chi connectivity index (χ2v) is 6.87. The number of rotatable bonds is 6. The van der Waals surface area contributed by atoms with Crippen molar-refractivity contribution >= 4 is 52.3 Å². The lowest BCUT2D eigenvalue weighted by atomic mass is 10.1. The van der Waals surface area contributed by atoms with E-state index in [4.69, 9.17) is 40.2 Å². The van der Waals surface area contributed by atoms with Crippen molar-refractivity contribution < 1.29 is 14.3 Å². The number of amides is 2. The standard InChI is InChI=1S/C18H17Cl2N3O3S/c1-4-8-23-17(25)12(16(24)21-18(23)27)9-11(10-22(2)3)26-15-13(19)6-5-7-14(15)20/h4-7,9-10H,1,8H2,2-3H3,(H,21,24,27)/b11-10+,12-9+. The molecular formula is C18H17Cl2N3O3S. The third-order valence-corrected chi connectivity index (χ3v) is 4.23. The molecule has 1 aromatic rings. The van der Waals surface area contributed by atoms with Gasteiger partial charge < -0.3 is 9.64 Å². The number of ether oxygens (including phenoxy) is 1. The highest BCUT2D eigenvalue weighted by atomic mass is 35.5. The van der Waals surface area contributed by atoms with E-state index in [2.05, 4.69) is 11.9 Å². The van der Waals surface area contributed by atoms with Gasteiger partial charge in [0.1, 0.15) is 11.3 Å². The molecular weight excluding hydrogens is 409 g/mol. The summed E-state index contributed by atoms with van der Waals surface area (Å²) >= 11 is 17.3. The predicted octanol–water partition coefficient (Wildman–Crippen LogP) is 3.13. The number of nitrogens with one attached hydrogen (secondary N) is 1. The number of para-hydroxylation sites is 1. The van der Waals surface area contributed by atoms with Crippen LogP contribution in [0.25, 0.3) is 0 Å². The lowest BCUT2D eigenvalue weighted by molar-refractivity contribution is -0.128. The van der Waals surface area contributed by atoms with Gasteiger partial charge >= 0.3 is 0 Å². The Morgan fingerprint density at radius 1 is 1.33 bits per heavy atom. The molecule has 9 heteroatoms. The molecule has 0 aromatic heterocycles. The van der Waals surface area contributed by atoms with Crippen LogP contribution in [0.5, 0.6) is 5.75 Å². The third kappa shape index (κ3) is 5.09. The molecule has 1 N–H and O–H groups in total. The van der Waals surface area contributed by atoms with Gasteiger partial charge in [-0.1, -0.05) is 35.3 Å². The number of allylic oxidation sites excluding steroid dienone is 1. The molecule has 0 atom stereocenters. The van der Waals surface area contributed by atoms with Gasteiger partial charge in [0.05, 0.1) is 10.0 Å². The van der Waals surface area contributed by atoms with Gasteiger partial charge in [0.2, 0.25) is 0 Å². The Morgan fingerprint density at radius 2 is 1.96 bits per heavy atom. The first-order valence-electron chi connectivity index (χ1n) is 7.74. The van der Waals surface area contributed by atoms with E-state index in [0.717, 1.165) is 0 Å². The Morgan fingerprint density at radius 3 is 2.52 bits per heavy atom. The van der Waals surface area contributed by atoms with Crippen molar-refractivity contribution in [2.75, 3.05) is 20.6 Å². The van der Waals surface area contributed by atoms with Crippen LogP contribution in [-0.2, 0) is 9.59 Å². The molecule has 1 aromatic carbocycles. The summed E-state index contributed by atoms with van der Waals surface area (Å²) in [5, 5.41) is 3.08. The Hall–Kier alpha value is -2.35. The Bertz CT molecular complexity index is 845. The van der Waals surface area contributed by atoms with Crippen molar-refractivity contribution in [3.63, 3.8) is 0 Å². The van der Waals surface area contributed by atoms with Crippen LogP contribution < -0.4 is 10.1 Å². The zero-order chi connectivity index (χ0) is 20.1. The van der Waals surface area contributed by atoms with E-state index in [1.165, 1.54) is 17.1 Å². The third-order valence-electron chi connectivity index (χ3n) is 3.31. The number of thiocarbonyl (C=S) groups is 1. The summed E-state index contributed by atoms with van der Waals surface area (Å²) in [5.41, 5.74) is -0.137. The topological polar surface area (TPSA) is 61.9 Å². The molecule has 2 amide bonds. The van der Waals surface area contributed by atoms with Crippen molar-refractivity contribution in [2.45, 2.75) is 0 Å². The molecule has 0 bridgehead atoms. The van der Waals surface area contributed by atoms with Gasteiger partial charge in [-0.3, -0.25) is 19.8 Å². The molecule has 1 fully saturated rings. The highest BCUT2D eigenvalue weighted by Gasteiger charge is 2.33. The molecule has 1 saturated heterocycles. The van der Waals surface area contributed by atoms with Crippen LogP contribution in [0, 0.1) is 0 Å². The number of carbonyl (C=O) groups is 2. The van der Waals surface area contributed by atoms with Crippen LogP contribution in [0.1, 0.15) is 0 Å². The van der Waals surface area contributed by atoms with Crippen molar-refractivity contribution in [1.82, 2.24) is 15.1 Å². The zero-order valence-electron chi connectivity index (χ0n) is 14.7. The van der Waals surface area contributed by atoms with Crippen molar-refractivity contribution in [2.24, 2.45) is 0 Å². The zero-order valence-corrected chi connectivity index (χ0v) is 17.0. The first-order chi connectivity index (χ1) is 12.7. The van der Waals surface area contributed by atoms with Crippen molar-refractivity contribution in [3.05, 3.63) is 64.5 Å². The van der Waals surface area contributed by atoms with Crippen molar-refractivity contribution in [3.8, 4) is 5.75 Å². The van der Waals surface area contributed by atoms with E-state index in [0.29, 0.717) is 10.0 Å². The molecule has 2 rings (SSSR count). The molecule has 6 nitrogen and oxygen atoms in total. The molecule has 0 spiro atoms. The van der Waals surface area contributed by atoms with Crippen LogP contribution in [0.4, 0.5) is 0 Å². The molecule has 142 valence electrons. The van der Waals surface area contributed by atoms with E-state index in [-0.39, 0.29) is 28.7 Å². The summed E-state index contributed by atoms with van der Waals surface area (Å²) in [5.74, 6) is -0.765. The van der Waals surface area contributed by atoms with E-state index < -0.39 is 11.8 Å². The monoisotopic (exact) mass is 425 g/mol. The quantitative estimate of drug-likeness (QED) is 0.249. The average molecular weight is 426 g/mol. The number of halogens is 2. The summed E-state index contributed by atoms with van der Waals surface area (Å²) < 4.78 is 5.78. The molecule has 1 aliphatic rings. The van der Waals surface area contributed by atoms with Gasteiger partial charge in [0.25, 0.3) is 11.8 Å². The molecule has 27 heavy (non-hydrogen) atoms. The maximum absolute atomic E-state index is 12.7. The normalized spacial score (nSPS) is 16.4. The minimum atomic E-state index is -0.621. The number of carbonyl (C=O) groups excluding carboxylic acids is 2. The highest BCUT2D eigenvalue weighted by molar-refractivity contribution is 7.80. The van der Waals surface area contributed by atoms with Crippen LogP contribution in [0.2, 0.25) is 10.0 Å². The molecule has 0 aliphatic carbocycles. The Kier molecular flexibility index (Phi) is 7.01. The molecule has 0 saturated carbocycles. The lowest BCUT2D eigenvalue weighted by Gasteiger charge is -2.28. The van der Waals surface area contributed by atoms with Crippen LogP contribution in [0.15, 0.2) is 54.5 Å². The average Bonchev–Trinajstić information content (AvgIpc) is 2.58. The van der Waals surface area contributed by atoms with Gasteiger partial charge in [0, 0.05) is 32.9 Å². The van der Waals surface area contributed by atoms with E-state index in [1.807, 2.05) is 0 Å².